The molecule has 1 nitrogen and oxygen atoms in total. The summed E-state index contributed by atoms with van der Waals surface area (Å²) in [5.41, 5.74) is 1.15. The molecule has 0 atom stereocenters. The standard InChI is InChI=1S/C11H13O/c1-9-4-2-7-11(8-9)12-10-5-3-6-10/h2,7-8,10H,3,5-6H2,1H3. The molecule has 1 aliphatic carbocycles. The lowest BCUT2D eigenvalue weighted by Gasteiger charge is -2.26. The Kier molecular flexibility index (Phi) is 2.03. The van der Waals surface area contributed by atoms with Crippen molar-refractivity contribution in [3.63, 3.8) is 0 Å². The molecule has 0 unspecified atom stereocenters. The molecule has 12 heavy (non-hydrogen) atoms. The Bertz CT molecular complexity index is 263. The molecule has 0 saturated heterocycles. The second kappa shape index (κ2) is 3.18. The van der Waals surface area contributed by atoms with Gasteiger partial charge in [0.2, 0.25) is 0 Å². The van der Waals surface area contributed by atoms with Crippen molar-refractivity contribution in [2.75, 3.05) is 0 Å². The third-order valence-corrected chi connectivity index (χ3v) is 2.27. The molecule has 0 aliphatic heterocycles. The molecule has 63 valence electrons. The number of ether oxygens (including phenoxy) is 1. The Morgan fingerprint density at radius 3 is 2.92 bits per heavy atom. The van der Waals surface area contributed by atoms with Crippen molar-refractivity contribution in [2.45, 2.75) is 32.3 Å². The molecule has 1 heteroatoms. The molecule has 1 aromatic carbocycles. The number of rotatable bonds is 2. The van der Waals surface area contributed by atoms with Crippen LogP contribution in [0.3, 0.4) is 0 Å². The quantitative estimate of drug-likeness (QED) is 0.648. The summed E-state index contributed by atoms with van der Waals surface area (Å²) >= 11 is 0. The van der Waals surface area contributed by atoms with Crippen molar-refractivity contribution >= 4 is 0 Å². The Morgan fingerprint density at radius 1 is 1.50 bits per heavy atom. The third kappa shape index (κ3) is 1.60. The second-order valence-electron chi connectivity index (χ2n) is 3.38. The Hall–Kier alpha value is -0.980. The minimum atomic E-state index is 0.479. The molecule has 2 rings (SSSR count). The molecule has 0 N–H and O–H groups in total. The SMILES string of the molecule is Cc1[c]ccc(OC2CCC2)c1. The van der Waals surface area contributed by atoms with Gasteiger partial charge in [-0.3, -0.25) is 0 Å². The summed E-state index contributed by atoms with van der Waals surface area (Å²) in [5, 5.41) is 0. The Morgan fingerprint density at radius 2 is 2.33 bits per heavy atom. The van der Waals surface area contributed by atoms with Gasteiger partial charge < -0.3 is 4.74 Å². The highest BCUT2D eigenvalue weighted by Gasteiger charge is 2.18. The monoisotopic (exact) mass is 161 g/mol. The van der Waals surface area contributed by atoms with Crippen LogP contribution in [-0.4, -0.2) is 6.10 Å². The normalized spacial score (nSPS) is 17.1. The van der Waals surface area contributed by atoms with Crippen LogP contribution in [0.1, 0.15) is 24.8 Å². The molecule has 0 amide bonds. The molecule has 1 aromatic rings. The van der Waals surface area contributed by atoms with Crippen molar-refractivity contribution in [2.24, 2.45) is 0 Å². The minimum Gasteiger partial charge on any atom is -0.490 e. The highest BCUT2D eigenvalue weighted by Crippen LogP contribution is 2.25. The van der Waals surface area contributed by atoms with E-state index in [0.717, 1.165) is 11.3 Å². The van der Waals surface area contributed by atoms with Gasteiger partial charge in [0.1, 0.15) is 5.75 Å². The van der Waals surface area contributed by atoms with E-state index >= 15 is 0 Å². The first-order valence-corrected chi connectivity index (χ1v) is 4.49. The van der Waals surface area contributed by atoms with Crippen LogP contribution in [0.2, 0.25) is 0 Å². The molecule has 0 bridgehead atoms. The van der Waals surface area contributed by atoms with E-state index in [1.165, 1.54) is 19.3 Å². The first kappa shape index (κ1) is 7.66. The minimum absolute atomic E-state index is 0.479. The fraction of sp³-hybridized carbons (Fsp3) is 0.455. The lowest BCUT2D eigenvalue weighted by atomic mass is 9.96. The predicted molar refractivity (Wildman–Crippen MR) is 48.3 cm³/mol. The van der Waals surface area contributed by atoms with Gasteiger partial charge in [-0.2, -0.15) is 0 Å². The van der Waals surface area contributed by atoms with E-state index in [-0.39, 0.29) is 0 Å². The maximum absolute atomic E-state index is 5.71. The summed E-state index contributed by atoms with van der Waals surface area (Å²) in [6.07, 6.45) is 4.24. The van der Waals surface area contributed by atoms with Gasteiger partial charge >= 0.3 is 0 Å². The molecule has 0 aromatic heterocycles. The summed E-state index contributed by atoms with van der Waals surface area (Å²) in [5.74, 6) is 0.996. The third-order valence-electron chi connectivity index (χ3n) is 2.27. The maximum atomic E-state index is 5.71. The number of benzene rings is 1. The molecule has 1 aliphatic rings. The number of hydrogen-bond acceptors (Lipinski definition) is 1. The summed E-state index contributed by atoms with van der Waals surface area (Å²) in [6, 6.07) is 9.04. The lowest BCUT2D eigenvalue weighted by molar-refractivity contribution is 0.120. The van der Waals surface area contributed by atoms with Crippen LogP contribution in [0.5, 0.6) is 5.75 Å². The molecule has 1 saturated carbocycles. The van der Waals surface area contributed by atoms with Crippen LogP contribution in [0, 0.1) is 13.0 Å². The highest BCUT2D eigenvalue weighted by atomic mass is 16.5. The average Bonchev–Trinajstić information content (AvgIpc) is 1.97. The Balaban J connectivity index is 2.02. The average molecular weight is 161 g/mol. The van der Waals surface area contributed by atoms with Gasteiger partial charge in [0, 0.05) is 0 Å². The van der Waals surface area contributed by atoms with Crippen LogP contribution in [-0.2, 0) is 0 Å². The highest BCUT2D eigenvalue weighted by molar-refractivity contribution is 5.26. The smallest absolute Gasteiger partial charge is 0.120 e. The summed E-state index contributed by atoms with van der Waals surface area (Å²) in [4.78, 5) is 0. The fourth-order valence-electron chi connectivity index (χ4n) is 1.31. The van der Waals surface area contributed by atoms with Crippen LogP contribution < -0.4 is 4.74 Å². The van der Waals surface area contributed by atoms with Gasteiger partial charge in [-0.25, -0.2) is 0 Å². The van der Waals surface area contributed by atoms with Gasteiger partial charge in [0.15, 0.2) is 0 Å². The zero-order valence-corrected chi connectivity index (χ0v) is 7.34. The van der Waals surface area contributed by atoms with Crippen molar-refractivity contribution in [1.82, 2.24) is 0 Å². The van der Waals surface area contributed by atoms with E-state index in [4.69, 9.17) is 4.74 Å². The van der Waals surface area contributed by atoms with Gasteiger partial charge in [0.25, 0.3) is 0 Å². The van der Waals surface area contributed by atoms with E-state index < -0.39 is 0 Å². The molecule has 0 heterocycles. The van der Waals surface area contributed by atoms with Crippen molar-refractivity contribution in [1.29, 1.82) is 0 Å². The molecule has 1 radical (unpaired) electrons. The van der Waals surface area contributed by atoms with Gasteiger partial charge in [-0.05, 0) is 49.9 Å². The first-order valence-electron chi connectivity index (χ1n) is 4.49. The molecular formula is C11H13O. The first-order chi connectivity index (χ1) is 5.84. The van der Waals surface area contributed by atoms with Crippen LogP contribution in [0.15, 0.2) is 18.2 Å². The Labute approximate surface area is 73.4 Å². The number of hydrogen-bond donors (Lipinski definition) is 0. The predicted octanol–water partition coefficient (Wildman–Crippen LogP) is 2.73. The number of aryl methyl sites for hydroxylation is 1. The van der Waals surface area contributed by atoms with Crippen LogP contribution in [0.4, 0.5) is 0 Å². The summed E-state index contributed by atoms with van der Waals surface area (Å²) in [7, 11) is 0. The van der Waals surface area contributed by atoms with Gasteiger partial charge in [0.05, 0.1) is 6.10 Å². The fourth-order valence-corrected chi connectivity index (χ4v) is 1.31. The van der Waals surface area contributed by atoms with Gasteiger partial charge in [-0.1, -0.05) is 6.07 Å². The zero-order valence-electron chi connectivity index (χ0n) is 7.34. The molecule has 1 fully saturated rings. The maximum Gasteiger partial charge on any atom is 0.120 e. The largest absolute Gasteiger partial charge is 0.490 e. The van der Waals surface area contributed by atoms with Crippen molar-refractivity contribution < 1.29 is 4.74 Å². The summed E-state index contributed by atoms with van der Waals surface area (Å²) < 4.78 is 5.71. The van der Waals surface area contributed by atoms with E-state index in [1.54, 1.807) is 0 Å². The molecule has 0 spiro atoms. The topological polar surface area (TPSA) is 9.23 Å². The second-order valence-corrected chi connectivity index (χ2v) is 3.38. The van der Waals surface area contributed by atoms with Crippen molar-refractivity contribution in [3.05, 3.63) is 29.8 Å². The van der Waals surface area contributed by atoms with E-state index in [9.17, 15) is 0 Å². The van der Waals surface area contributed by atoms with Crippen LogP contribution >= 0.6 is 0 Å². The van der Waals surface area contributed by atoms with Gasteiger partial charge in [-0.15, -0.1) is 0 Å². The van der Waals surface area contributed by atoms with E-state index in [1.807, 2.05) is 25.1 Å². The van der Waals surface area contributed by atoms with Crippen LogP contribution in [0.25, 0.3) is 0 Å². The van der Waals surface area contributed by atoms with E-state index in [2.05, 4.69) is 6.07 Å². The van der Waals surface area contributed by atoms with E-state index in [0.29, 0.717) is 6.10 Å². The molecular weight excluding hydrogens is 148 g/mol. The zero-order chi connectivity index (χ0) is 8.39. The summed E-state index contributed by atoms with van der Waals surface area (Å²) in [6.45, 7) is 2.04. The van der Waals surface area contributed by atoms with Crippen molar-refractivity contribution in [3.8, 4) is 5.75 Å². The lowest BCUT2D eigenvalue weighted by Crippen LogP contribution is -2.24.